The number of hydrogen-bond donors (Lipinski definition) is 0. The monoisotopic (exact) mass is 387 g/mol. The molecule has 0 radical (unpaired) electrons. The molecule has 0 amide bonds. The third-order valence-electron chi connectivity index (χ3n) is 4.43. The number of aromatic nitrogens is 3. The van der Waals surface area contributed by atoms with Gasteiger partial charge in [-0.15, -0.1) is 4.68 Å². The van der Waals surface area contributed by atoms with Crippen LogP contribution in [0.15, 0.2) is 36.7 Å². The van der Waals surface area contributed by atoms with Gasteiger partial charge in [-0.1, -0.05) is 30.3 Å². The maximum atomic E-state index is 9.75. The van der Waals surface area contributed by atoms with Crippen molar-refractivity contribution in [3.05, 3.63) is 48.0 Å². The zero-order valence-corrected chi connectivity index (χ0v) is 16.3. The summed E-state index contributed by atoms with van der Waals surface area (Å²) in [5.74, 6) is 1.01. The van der Waals surface area contributed by atoms with E-state index in [0.29, 0.717) is 6.61 Å². The molecule has 0 N–H and O–H groups in total. The van der Waals surface area contributed by atoms with E-state index in [9.17, 15) is 17.3 Å². The van der Waals surface area contributed by atoms with E-state index in [1.54, 1.807) is 0 Å². The number of hydrogen-bond acceptors (Lipinski definition) is 2. The van der Waals surface area contributed by atoms with Crippen LogP contribution in [0.4, 0.5) is 17.3 Å². The summed E-state index contributed by atoms with van der Waals surface area (Å²) < 4.78 is 49.5. The Morgan fingerprint density at radius 2 is 1.74 bits per heavy atom. The summed E-state index contributed by atoms with van der Waals surface area (Å²) in [5.41, 5.74) is 1.10. The van der Waals surface area contributed by atoms with Gasteiger partial charge in [0.1, 0.15) is 18.2 Å². The first kappa shape index (κ1) is 21.4. The average Bonchev–Trinajstić information content (AvgIpc) is 2.94. The van der Waals surface area contributed by atoms with Gasteiger partial charge in [0, 0.05) is 11.5 Å². The summed E-state index contributed by atoms with van der Waals surface area (Å²) >= 11 is 0. The Labute approximate surface area is 157 Å². The van der Waals surface area contributed by atoms with Gasteiger partial charge in [-0.05, 0) is 40.2 Å². The van der Waals surface area contributed by atoms with Crippen molar-refractivity contribution in [1.29, 1.82) is 0 Å². The molecule has 0 bridgehead atoms. The van der Waals surface area contributed by atoms with Gasteiger partial charge in [-0.3, -0.25) is 0 Å². The first-order valence-electron chi connectivity index (χ1n) is 8.83. The fourth-order valence-electron chi connectivity index (χ4n) is 2.94. The summed E-state index contributed by atoms with van der Waals surface area (Å²) in [5, 5.41) is 4.73. The molecular weight excluding hydrogens is 361 g/mol. The lowest BCUT2D eigenvalue weighted by molar-refractivity contribution is -0.757. The Morgan fingerprint density at radius 1 is 1.19 bits per heavy atom. The van der Waals surface area contributed by atoms with E-state index in [2.05, 4.69) is 75.8 Å². The van der Waals surface area contributed by atoms with Gasteiger partial charge < -0.3 is 22.0 Å². The Kier molecular flexibility index (Phi) is 6.04. The van der Waals surface area contributed by atoms with E-state index < -0.39 is 7.25 Å². The van der Waals surface area contributed by atoms with Gasteiger partial charge in [0.15, 0.2) is 0 Å². The van der Waals surface area contributed by atoms with Crippen LogP contribution in [0.3, 0.4) is 0 Å². The maximum Gasteiger partial charge on any atom is 0.673 e. The van der Waals surface area contributed by atoms with Gasteiger partial charge in [-0.2, -0.15) is 0 Å². The van der Waals surface area contributed by atoms with E-state index in [1.807, 2.05) is 4.68 Å². The fraction of sp³-hybridized carbons (Fsp3) is 0.556. The zero-order chi connectivity index (χ0) is 20.5. The van der Waals surface area contributed by atoms with Gasteiger partial charge >= 0.3 is 13.1 Å². The van der Waals surface area contributed by atoms with Crippen LogP contribution in [-0.2, 0) is 23.3 Å². The predicted molar refractivity (Wildman–Crippen MR) is 95.7 cm³/mol. The van der Waals surface area contributed by atoms with Crippen molar-refractivity contribution in [3.63, 3.8) is 0 Å². The van der Waals surface area contributed by atoms with Gasteiger partial charge in [0.25, 0.3) is 0 Å². The standard InChI is InChI=1S/C18H26N3O.BF4/c1-17(2,3)21-13-20-15(11-14-9-7-6-8-10-14)18(4,5)22-12-16(20)19-21;2-1(3,4)5/h6-10,13,15H,11-12H2,1-5H3;/q+1;-1/t15-;/m0./s1. The highest BCUT2D eigenvalue weighted by Crippen LogP contribution is 2.30. The summed E-state index contributed by atoms with van der Waals surface area (Å²) in [7, 11) is -6.00. The van der Waals surface area contributed by atoms with Crippen molar-refractivity contribution in [3.8, 4) is 0 Å². The van der Waals surface area contributed by atoms with Gasteiger partial charge in [0.05, 0.1) is 5.60 Å². The SMILES string of the molecule is CC1(C)OCc2nn(C(C)(C)C)c[n+]2[C@H]1Cc1ccccc1.F[B-](F)(F)F. The smallest absolute Gasteiger partial charge is 0.418 e. The molecule has 27 heavy (non-hydrogen) atoms. The number of benzene rings is 1. The minimum Gasteiger partial charge on any atom is -0.418 e. The Morgan fingerprint density at radius 3 is 2.26 bits per heavy atom. The maximum absolute atomic E-state index is 9.75. The van der Waals surface area contributed by atoms with Crippen LogP contribution in [0.5, 0.6) is 0 Å². The lowest BCUT2D eigenvalue weighted by Gasteiger charge is -2.36. The van der Waals surface area contributed by atoms with Crippen LogP contribution in [0, 0.1) is 0 Å². The normalized spacial score (nSPS) is 19.1. The number of halogens is 4. The molecule has 0 unspecified atom stereocenters. The highest BCUT2D eigenvalue weighted by molar-refractivity contribution is 6.50. The van der Waals surface area contributed by atoms with E-state index in [0.717, 1.165) is 12.2 Å². The molecule has 1 aromatic carbocycles. The molecule has 0 fully saturated rings. The molecule has 0 saturated carbocycles. The summed E-state index contributed by atoms with van der Waals surface area (Å²) in [6.45, 7) is 11.4. The highest BCUT2D eigenvalue weighted by atomic mass is 19.5. The summed E-state index contributed by atoms with van der Waals surface area (Å²) in [6.07, 6.45) is 3.09. The van der Waals surface area contributed by atoms with E-state index in [4.69, 9.17) is 9.84 Å². The topological polar surface area (TPSA) is 30.9 Å². The Hall–Kier alpha value is -1.90. The molecule has 3 rings (SSSR count). The first-order valence-corrected chi connectivity index (χ1v) is 8.83. The fourth-order valence-corrected chi connectivity index (χ4v) is 2.94. The molecular formula is C18H26BF4N3O. The van der Waals surface area contributed by atoms with Crippen LogP contribution >= 0.6 is 0 Å². The van der Waals surface area contributed by atoms with Crippen molar-refractivity contribution in [2.75, 3.05) is 0 Å². The second kappa shape index (κ2) is 7.62. The first-order chi connectivity index (χ1) is 12.3. The van der Waals surface area contributed by atoms with E-state index >= 15 is 0 Å². The number of ether oxygens (including phenoxy) is 1. The van der Waals surface area contributed by atoms with E-state index in [1.165, 1.54) is 5.56 Å². The minimum absolute atomic E-state index is 0.0220. The van der Waals surface area contributed by atoms with Crippen LogP contribution < -0.4 is 4.57 Å². The molecule has 4 nitrogen and oxygen atoms in total. The van der Waals surface area contributed by atoms with Crippen molar-refractivity contribution < 1.29 is 26.6 Å². The largest absolute Gasteiger partial charge is 0.673 e. The van der Waals surface area contributed by atoms with Crippen LogP contribution in [0.2, 0.25) is 0 Å². The van der Waals surface area contributed by atoms with Crippen molar-refractivity contribution in [2.45, 2.75) is 64.8 Å². The van der Waals surface area contributed by atoms with Crippen molar-refractivity contribution in [2.24, 2.45) is 0 Å². The minimum atomic E-state index is -6.00. The molecule has 150 valence electrons. The third-order valence-corrected chi connectivity index (χ3v) is 4.43. The van der Waals surface area contributed by atoms with Gasteiger partial charge in [0.2, 0.25) is 6.33 Å². The lowest BCUT2D eigenvalue weighted by atomic mass is 9.91. The third kappa shape index (κ3) is 6.05. The molecule has 1 aromatic heterocycles. The highest BCUT2D eigenvalue weighted by Gasteiger charge is 2.43. The Bertz CT molecular complexity index is 748. The number of nitrogens with zero attached hydrogens (tertiary/aromatic N) is 3. The number of fused-ring (bicyclic) bond motifs is 1. The molecule has 0 saturated heterocycles. The summed E-state index contributed by atoms with van der Waals surface area (Å²) in [6, 6.07) is 10.8. The van der Waals surface area contributed by atoms with Crippen LogP contribution in [-0.4, -0.2) is 22.6 Å². The van der Waals surface area contributed by atoms with Crippen molar-refractivity contribution >= 4 is 7.25 Å². The van der Waals surface area contributed by atoms with E-state index in [-0.39, 0.29) is 17.2 Å². The zero-order valence-electron chi connectivity index (χ0n) is 16.3. The molecule has 1 aliphatic rings. The van der Waals surface area contributed by atoms with Crippen LogP contribution in [0.25, 0.3) is 0 Å². The quantitative estimate of drug-likeness (QED) is 0.437. The summed E-state index contributed by atoms with van der Waals surface area (Å²) in [4.78, 5) is 0. The molecule has 2 heterocycles. The molecule has 1 atom stereocenters. The number of rotatable bonds is 2. The lowest BCUT2D eigenvalue weighted by Crippen LogP contribution is -2.57. The second-order valence-corrected chi connectivity index (χ2v) is 8.15. The Balaban J connectivity index is 0.000000465. The molecule has 0 spiro atoms. The predicted octanol–water partition coefficient (Wildman–Crippen LogP) is 4.32. The molecule has 2 aromatic rings. The van der Waals surface area contributed by atoms with Crippen molar-refractivity contribution in [1.82, 2.24) is 9.78 Å². The average molecular weight is 387 g/mol. The molecule has 0 aliphatic carbocycles. The van der Waals surface area contributed by atoms with Gasteiger partial charge in [-0.25, -0.2) is 4.57 Å². The molecule has 9 heteroatoms. The van der Waals surface area contributed by atoms with Crippen LogP contribution in [0.1, 0.15) is 52.0 Å². The second-order valence-electron chi connectivity index (χ2n) is 8.15. The molecule has 1 aliphatic heterocycles.